The lowest BCUT2D eigenvalue weighted by atomic mass is 10.3. The van der Waals surface area contributed by atoms with Crippen molar-refractivity contribution in [2.75, 3.05) is 23.9 Å². The highest BCUT2D eigenvalue weighted by Gasteiger charge is 2.13. The SMILES string of the molecule is Nc1ncccc1N1CCCCO1. The second-order valence-corrected chi connectivity index (χ2v) is 3.05. The first kappa shape index (κ1) is 8.31. The molecule has 2 rings (SSSR count). The number of aromatic nitrogens is 1. The maximum absolute atomic E-state index is 5.72. The number of pyridine rings is 1. The van der Waals surface area contributed by atoms with E-state index in [1.165, 1.54) is 0 Å². The van der Waals surface area contributed by atoms with E-state index < -0.39 is 0 Å². The number of rotatable bonds is 1. The zero-order valence-corrected chi connectivity index (χ0v) is 7.44. The molecule has 0 bridgehead atoms. The minimum absolute atomic E-state index is 0.532. The Bertz CT molecular complexity index is 284. The van der Waals surface area contributed by atoms with Crippen LogP contribution in [0, 0.1) is 0 Å². The van der Waals surface area contributed by atoms with Crippen LogP contribution in [0.15, 0.2) is 18.3 Å². The predicted octanol–water partition coefficient (Wildman–Crippen LogP) is 1.20. The highest BCUT2D eigenvalue weighted by Crippen LogP contribution is 2.22. The van der Waals surface area contributed by atoms with E-state index in [9.17, 15) is 0 Å². The molecule has 1 aliphatic heterocycles. The molecule has 0 radical (unpaired) electrons. The molecule has 1 aromatic heterocycles. The first-order valence-corrected chi connectivity index (χ1v) is 4.49. The third-order valence-corrected chi connectivity index (χ3v) is 2.09. The van der Waals surface area contributed by atoms with Gasteiger partial charge in [0.1, 0.15) is 11.5 Å². The normalized spacial score (nSPS) is 17.4. The van der Waals surface area contributed by atoms with Crippen LogP contribution in [0.2, 0.25) is 0 Å². The molecule has 0 amide bonds. The summed E-state index contributed by atoms with van der Waals surface area (Å²) in [6.45, 7) is 1.67. The molecule has 2 N–H and O–H groups in total. The van der Waals surface area contributed by atoms with Crippen molar-refractivity contribution in [2.24, 2.45) is 0 Å². The summed E-state index contributed by atoms with van der Waals surface area (Å²) in [5, 5.41) is 1.83. The Morgan fingerprint density at radius 1 is 1.46 bits per heavy atom. The fraction of sp³-hybridized carbons (Fsp3) is 0.444. The Morgan fingerprint density at radius 3 is 3.08 bits per heavy atom. The number of nitrogens with zero attached hydrogens (tertiary/aromatic N) is 2. The summed E-state index contributed by atoms with van der Waals surface area (Å²) in [6.07, 6.45) is 3.95. The van der Waals surface area contributed by atoms with Crippen molar-refractivity contribution in [3.63, 3.8) is 0 Å². The molecular weight excluding hydrogens is 166 g/mol. The average Bonchev–Trinajstić information content (AvgIpc) is 2.20. The Hall–Kier alpha value is -1.29. The van der Waals surface area contributed by atoms with Gasteiger partial charge in [0.05, 0.1) is 6.61 Å². The summed E-state index contributed by atoms with van der Waals surface area (Å²) in [5.41, 5.74) is 6.60. The molecule has 2 heterocycles. The van der Waals surface area contributed by atoms with Gasteiger partial charge in [0.2, 0.25) is 0 Å². The van der Waals surface area contributed by atoms with E-state index in [4.69, 9.17) is 10.6 Å². The molecule has 1 aromatic rings. The van der Waals surface area contributed by atoms with Gasteiger partial charge in [0.15, 0.2) is 0 Å². The van der Waals surface area contributed by atoms with Gasteiger partial charge in [0.25, 0.3) is 0 Å². The third-order valence-electron chi connectivity index (χ3n) is 2.09. The average molecular weight is 179 g/mol. The van der Waals surface area contributed by atoms with Gasteiger partial charge in [-0.15, -0.1) is 0 Å². The monoisotopic (exact) mass is 179 g/mol. The highest BCUT2D eigenvalue weighted by atomic mass is 16.7. The zero-order valence-electron chi connectivity index (χ0n) is 7.44. The Labute approximate surface area is 77.3 Å². The number of nitrogen functional groups attached to an aromatic ring is 1. The number of hydroxylamine groups is 1. The number of anilines is 2. The largest absolute Gasteiger partial charge is 0.382 e. The Balaban J connectivity index is 2.18. The van der Waals surface area contributed by atoms with E-state index in [2.05, 4.69) is 4.98 Å². The Morgan fingerprint density at radius 2 is 2.38 bits per heavy atom. The van der Waals surface area contributed by atoms with E-state index in [0.717, 1.165) is 31.7 Å². The van der Waals surface area contributed by atoms with Crippen LogP contribution in [0.4, 0.5) is 11.5 Å². The van der Waals surface area contributed by atoms with E-state index in [-0.39, 0.29) is 0 Å². The van der Waals surface area contributed by atoms with Crippen LogP contribution in [0.3, 0.4) is 0 Å². The van der Waals surface area contributed by atoms with Gasteiger partial charge in [-0.1, -0.05) is 0 Å². The fourth-order valence-electron chi connectivity index (χ4n) is 1.41. The first-order chi connectivity index (χ1) is 6.38. The van der Waals surface area contributed by atoms with E-state index in [1.807, 2.05) is 17.2 Å². The molecule has 0 aromatic carbocycles. The zero-order chi connectivity index (χ0) is 9.10. The minimum atomic E-state index is 0.532. The van der Waals surface area contributed by atoms with Crippen LogP contribution in [0.25, 0.3) is 0 Å². The molecule has 0 unspecified atom stereocenters. The van der Waals surface area contributed by atoms with Crippen LogP contribution in [0.1, 0.15) is 12.8 Å². The second-order valence-electron chi connectivity index (χ2n) is 3.05. The van der Waals surface area contributed by atoms with E-state index in [0.29, 0.717) is 5.82 Å². The lowest BCUT2D eigenvalue weighted by Gasteiger charge is -2.28. The van der Waals surface area contributed by atoms with Crippen LogP contribution >= 0.6 is 0 Å². The van der Waals surface area contributed by atoms with Gasteiger partial charge in [-0.3, -0.25) is 9.90 Å². The second kappa shape index (κ2) is 3.62. The molecule has 0 aliphatic carbocycles. The summed E-state index contributed by atoms with van der Waals surface area (Å²) in [7, 11) is 0. The summed E-state index contributed by atoms with van der Waals surface area (Å²) >= 11 is 0. The van der Waals surface area contributed by atoms with E-state index in [1.54, 1.807) is 6.20 Å². The topological polar surface area (TPSA) is 51.4 Å². The lowest BCUT2D eigenvalue weighted by molar-refractivity contribution is 0.0780. The van der Waals surface area contributed by atoms with Crippen LogP contribution < -0.4 is 10.8 Å². The molecule has 4 heteroatoms. The molecule has 1 saturated heterocycles. The van der Waals surface area contributed by atoms with Crippen LogP contribution in [-0.4, -0.2) is 18.1 Å². The third kappa shape index (κ3) is 1.72. The summed E-state index contributed by atoms with van der Waals surface area (Å²) in [4.78, 5) is 9.47. The molecule has 0 spiro atoms. The summed E-state index contributed by atoms with van der Waals surface area (Å²) in [6, 6.07) is 3.79. The quantitative estimate of drug-likeness (QED) is 0.703. The van der Waals surface area contributed by atoms with E-state index >= 15 is 0 Å². The number of nitrogens with two attached hydrogens (primary N) is 1. The van der Waals surface area contributed by atoms with Gasteiger partial charge in [-0.05, 0) is 25.0 Å². The number of hydrogen-bond donors (Lipinski definition) is 1. The number of hydrogen-bond acceptors (Lipinski definition) is 4. The van der Waals surface area contributed by atoms with Gasteiger partial charge in [-0.25, -0.2) is 4.98 Å². The lowest BCUT2D eigenvalue weighted by Crippen LogP contribution is -2.30. The summed E-state index contributed by atoms with van der Waals surface area (Å²) < 4.78 is 0. The molecule has 0 saturated carbocycles. The first-order valence-electron chi connectivity index (χ1n) is 4.49. The van der Waals surface area contributed by atoms with Gasteiger partial charge < -0.3 is 5.73 Å². The Kier molecular flexibility index (Phi) is 2.31. The molecule has 0 atom stereocenters. The smallest absolute Gasteiger partial charge is 0.149 e. The van der Waals surface area contributed by atoms with Crippen molar-refractivity contribution < 1.29 is 4.84 Å². The van der Waals surface area contributed by atoms with Gasteiger partial charge in [0, 0.05) is 12.7 Å². The fourth-order valence-corrected chi connectivity index (χ4v) is 1.41. The van der Waals surface area contributed by atoms with Crippen LogP contribution in [-0.2, 0) is 4.84 Å². The van der Waals surface area contributed by atoms with Gasteiger partial charge in [-0.2, -0.15) is 0 Å². The predicted molar refractivity (Wildman–Crippen MR) is 51.2 cm³/mol. The maximum Gasteiger partial charge on any atom is 0.149 e. The van der Waals surface area contributed by atoms with Gasteiger partial charge >= 0.3 is 0 Å². The molecule has 1 aliphatic rings. The van der Waals surface area contributed by atoms with Crippen molar-refractivity contribution in [2.45, 2.75) is 12.8 Å². The van der Waals surface area contributed by atoms with Crippen molar-refractivity contribution in [3.8, 4) is 0 Å². The minimum Gasteiger partial charge on any atom is -0.382 e. The van der Waals surface area contributed by atoms with Crippen molar-refractivity contribution in [1.29, 1.82) is 0 Å². The molecular formula is C9H13N3O. The van der Waals surface area contributed by atoms with Crippen molar-refractivity contribution in [3.05, 3.63) is 18.3 Å². The standard InChI is InChI=1S/C9H13N3O/c10-9-8(4-3-5-11-9)12-6-1-2-7-13-12/h3-5H,1-2,6-7H2,(H2,10,11). The highest BCUT2D eigenvalue weighted by molar-refractivity contribution is 5.61. The van der Waals surface area contributed by atoms with Crippen molar-refractivity contribution >= 4 is 11.5 Å². The van der Waals surface area contributed by atoms with Crippen molar-refractivity contribution in [1.82, 2.24) is 4.98 Å². The molecule has 4 nitrogen and oxygen atoms in total. The molecule has 13 heavy (non-hydrogen) atoms. The maximum atomic E-state index is 5.72. The summed E-state index contributed by atoms with van der Waals surface area (Å²) in [5.74, 6) is 0.532. The van der Waals surface area contributed by atoms with Crippen LogP contribution in [0.5, 0.6) is 0 Å². The molecule has 1 fully saturated rings. The molecule has 70 valence electrons.